The normalized spacial score (nSPS) is 10.4. The average Bonchev–Trinajstić information content (AvgIpc) is 2.73. The Morgan fingerprint density at radius 2 is 1.75 bits per heavy atom. The highest BCUT2D eigenvalue weighted by Gasteiger charge is 2.03. The molecule has 0 aliphatic heterocycles. The first-order valence-corrected chi connectivity index (χ1v) is 8.92. The lowest BCUT2D eigenvalue weighted by atomic mass is 10.1. The van der Waals surface area contributed by atoms with Gasteiger partial charge >= 0.3 is 0 Å². The van der Waals surface area contributed by atoms with E-state index in [9.17, 15) is 4.39 Å². The minimum absolute atomic E-state index is 0.204. The van der Waals surface area contributed by atoms with Crippen LogP contribution in [0, 0.1) is 5.82 Å². The second-order valence-corrected chi connectivity index (χ2v) is 5.88. The number of rotatable bonds is 10. The summed E-state index contributed by atoms with van der Waals surface area (Å²) in [7, 11) is 1.62. The summed E-state index contributed by atoms with van der Waals surface area (Å²) in [6, 6.07) is 14.1. The van der Waals surface area contributed by atoms with Crippen LogP contribution in [0.3, 0.4) is 0 Å². The van der Waals surface area contributed by atoms with Crippen molar-refractivity contribution in [3.63, 3.8) is 0 Å². The van der Waals surface area contributed by atoms with Crippen LogP contribution in [0.5, 0.6) is 11.5 Å². The predicted molar refractivity (Wildman–Crippen MR) is 105 cm³/mol. The molecule has 0 radical (unpaired) electrons. The second-order valence-electron chi connectivity index (χ2n) is 5.88. The summed E-state index contributed by atoms with van der Waals surface area (Å²) >= 11 is 0. The van der Waals surface area contributed by atoms with E-state index in [1.54, 1.807) is 19.2 Å². The third kappa shape index (κ3) is 5.80. The maximum Gasteiger partial charge on any atom is 0.244 e. The van der Waals surface area contributed by atoms with Gasteiger partial charge in [-0.3, -0.25) is 0 Å². The molecule has 2 aromatic carbocycles. The van der Waals surface area contributed by atoms with Crippen molar-refractivity contribution >= 4 is 11.8 Å². The highest BCUT2D eigenvalue weighted by molar-refractivity contribution is 5.37. The first-order chi connectivity index (χ1) is 13.7. The third-order valence-electron chi connectivity index (χ3n) is 3.93. The molecule has 8 heteroatoms. The lowest BCUT2D eigenvalue weighted by Gasteiger charge is -2.09. The Morgan fingerprint density at radius 3 is 2.54 bits per heavy atom. The van der Waals surface area contributed by atoms with Crippen molar-refractivity contribution in [1.29, 1.82) is 0 Å². The van der Waals surface area contributed by atoms with Gasteiger partial charge in [0.05, 0.1) is 19.9 Å². The monoisotopic (exact) mass is 383 g/mol. The fourth-order valence-electron chi connectivity index (χ4n) is 2.49. The molecule has 0 atom stereocenters. The van der Waals surface area contributed by atoms with Crippen molar-refractivity contribution in [2.75, 3.05) is 37.4 Å². The fraction of sp³-hybridized carbons (Fsp3) is 0.250. The number of anilines is 2. The van der Waals surface area contributed by atoms with Gasteiger partial charge in [0, 0.05) is 6.54 Å². The number of benzene rings is 2. The topological polar surface area (TPSA) is 81.2 Å². The van der Waals surface area contributed by atoms with Crippen LogP contribution in [-0.4, -0.2) is 42.0 Å². The van der Waals surface area contributed by atoms with Crippen molar-refractivity contribution in [1.82, 2.24) is 15.2 Å². The van der Waals surface area contributed by atoms with E-state index in [-0.39, 0.29) is 5.82 Å². The summed E-state index contributed by atoms with van der Waals surface area (Å²) in [6.45, 7) is 1.51. The van der Waals surface area contributed by atoms with Gasteiger partial charge in [-0.15, -0.1) is 5.10 Å². The van der Waals surface area contributed by atoms with E-state index in [4.69, 9.17) is 9.47 Å². The highest BCUT2D eigenvalue weighted by Crippen LogP contribution is 2.16. The Bertz CT molecular complexity index is 876. The van der Waals surface area contributed by atoms with E-state index in [2.05, 4.69) is 25.8 Å². The highest BCUT2D eigenvalue weighted by atomic mass is 19.1. The van der Waals surface area contributed by atoms with Crippen LogP contribution in [0.25, 0.3) is 0 Å². The van der Waals surface area contributed by atoms with Crippen LogP contribution in [0.4, 0.5) is 16.2 Å². The number of hydrogen-bond donors (Lipinski definition) is 2. The predicted octanol–water partition coefficient (Wildman–Crippen LogP) is 3.16. The molecule has 2 N–H and O–H groups in total. The molecule has 0 unspecified atom stereocenters. The van der Waals surface area contributed by atoms with Gasteiger partial charge in [0.25, 0.3) is 0 Å². The molecule has 7 nitrogen and oxygen atoms in total. The van der Waals surface area contributed by atoms with Gasteiger partial charge in [-0.25, -0.2) is 4.39 Å². The Hall–Kier alpha value is -3.42. The third-order valence-corrected chi connectivity index (χ3v) is 3.93. The Labute approximate surface area is 162 Å². The molecule has 3 aromatic rings. The van der Waals surface area contributed by atoms with E-state index < -0.39 is 0 Å². The van der Waals surface area contributed by atoms with Gasteiger partial charge in [-0.05, 0) is 42.3 Å². The number of nitrogens with one attached hydrogen (secondary N) is 2. The van der Waals surface area contributed by atoms with Gasteiger partial charge < -0.3 is 20.1 Å². The van der Waals surface area contributed by atoms with Gasteiger partial charge in [0.1, 0.15) is 23.9 Å². The molecule has 0 bridgehead atoms. The van der Waals surface area contributed by atoms with Crippen molar-refractivity contribution in [2.24, 2.45) is 0 Å². The van der Waals surface area contributed by atoms with Crippen LogP contribution >= 0.6 is 0 Å². The summed E-state index contributed by atoms with van der Waals surface area (Å²) in [4.78, 5) is 4.33. The quantitative estimate of drug-likeness (QED) is 0.521. The molecule has 0 aliphatic carbocycles. The zero-order valence-corrected chi connectivity index (χ0v) is 15.6. The molecule has 146 valence electrons. The molecule has 3 rings (SSSR count). The van der Waals surface area contributed by atoms with E-state index in [1.807, 2.05) is 30.3 Å². The smallest absolute Gasteiger partial charge is 0.244 e. The van der Waals surface area contributed by atoms with E-state index in [0.29, 0.717) is 43.4 Å². The number of methoxy groups -OCH3 is 1. The van der Waals surface area contributed by atoms with Gasteiger partial charge in [0.2, 0.25) is 5.95 Å². The molecule has 0 fully saturated rings. The van der Waals surface area contributed by atoms with Gasteiger partial charge in [-0.2, -0.15) is 10.1 Å². The van der Waals surface area contributed by atoms with E-state index in [0.717, 1.165) is 11.5 Å². The van der Waals surface area contributed by atoms with E-state index in [1.165, 1.54) is 12.3 Å². The van der Waals surface area contributed by atoms with Crippen LogP contribution in [-0.2, 0) is 6.42 Å². The number of ether oxygens (including phenoxy) is 2. The number of hydrogen-bond acceptors (Lipinski definition) is 7. The molecule has 0 saturated heterocycles. The summed E-state index contributed by atoms with van der Waals surface area (Å²) in [6.07, 6.45) is 2.08. The summed E-state index contributed by atoms with van der Waals surface area (Å²) in [5, 5.41) is 14.0. The van der Waals surface area contributed by atoms with Gasteiger partial charge in [0.15, 0.2) is 5.82 Å². The molecule has 1 heterocycles. The van der Waals surface area contributed by atoms with Gasteiger partial charge in [-0.1, -0.05) is 18.2 Å². The minimum Gasteiger partial charge on any atom is -0.497 e. The molecule has 0 saturated carbocycles. The standard InChI is InChI=1S/C20H22FN5O2/c1-27-16-6-8-17(9-7-16)28-13-12-23-20-25-19(14-24-26-20)22-11-10-15-4-2-3-5-18(15)21/h2-9,14H,10-13H2,1H3,(H2,22,23,25,26). The first-order valence-electron chi connectivity index (χ1n) is 8.92. The van der Waals surface area contributed by atoms with Crippen LogP contribution in [0.15, 0.2) is 54.7 Å². The number of aromatic nitrogens is 3. The Morgan fingerprint density at radius 1 is 0.964 bits per heavy atom. The van der Waals surface area contributed by atoms with Crippen molar-refractivity contribution in [3.05, 3.63) is 66.1 Å². The molecule has 28 heavy (non-hydrogen) atoms. The fourth-order valence-corrected chi connectivity index (χ4v) is 2.49. The second kappa shape index (κ2) is 10.1. The zero-order chi connectivity index (χ0) is 19.6. The molecule has 0 spiro atoms. The van der Waals surface area contributed by atoms with Crippen molar-refractivity contribution in [2.45, 2.75) is 6.42 Å². The maximum absolute atomic E-state index is 13.6. The van der Waals surface area contributed by atoms with Crippen molar-refractivity contribution in [3.8, 4) is 11.5 Å². The molecule has 0 amide bonds. The van der Waals surface area contributed by atoms with Crippen LogP contribution in [0.1, 0.15) is 5.56 Å². The SMILES string of the molecule is COc1ccc(OCCNc2nncc(NCCc3ccccc3F)n2)cc1. The van der Waals surface area contributed by atoms with E-state index >= 15 is 0 Å². The van der Waals surface area contributed by atoms with Crippen LogP contribution < -0.4 is 20.1 Å². The summed E-state index contributed by atoms with van der Waals surface area (Å²) in [5.74, 6) is 2.30. The largest absolute Gasteiger partial charge is 0.497 e. The van der Waals surface area contributed by atoms with Crippen LogP contribution in [0.2, 0.25) is 0 Å². The summed E-state index contributed by atoms with van der Waals surface area (Å²) in [5.41, 5.74) is 0.658. The Balaban J connectivity index is 1.41. The lowest BCUT2D eigenvalue weighted by molar-refractivity contribution is 0.331. The molecule has 0 aliphatic rings. The zero-order valence-electron chi connectivity index (χ0n) is 15.6. The number of halogens is 1. The minimum atomic E-state index is -0.204. The Kier molecular flexibility index (Phi) is 6.95. The lowest BCUT2D eigenvalue weighted by Crippen LogP contribution is -2.15. The molecular formula is C20H22FN5O2. The maximum atomic E-state index is 13.6. The summed E-state index contributed by atoms with van der Waals surface area (Å²) < 4.78 is 24.4. The molecular weight excluding hydrogens is 361 g/mol. The van der Waals surface area contributed by atoms with Crippen molar-refractivity contribution < 1.29 is 13.9 Å². The average molecular weight is 383 g/mol. The number of nitrogens with zero attached hydrogens (tertiary/aromatic N) is 3. The first kappa shape index (κ1) is 19.3. The molecule has 1 aromatic heterocycles.